The first kappa shape index (κ1) is 17.2. The molecule has 7 heteroatoms. The second-order valence-corrected chi connectivity index (χ2v) is 6.11. The van der Waals surface area contributed by atoms with E-state index in [-0.39, 0.29) is 29.0 Å². The van der Waals surface area contributed by atoms with Crippen molar-refractivity contribution < 1.29 is 14.3 Å². The maximum Gasteiger partial charge on any atom is 0.274 e. The van der Waals surface area contributed by atoms with E-state index in [0.717, 1.165) is 0 Å². The number of hydrogen-bond donors (Lipinski definition) is 1. The number of amides is 2. The molecule has 2 rings (SSSR count). The molecule has 1 saturated heterocycles. The average molecular weight is 321 g/mol. The zero-order chi connectivity index (χ0) is 17.0. The van der Waals surface area contributed by atoms with Crippen LogP contribution in [0.5, 0.6) is 0 Å². The highest BCUT2D eigenvalue weighted by atomic mass is 16.5. The van der Waals surface area contributed by atoms with Crippen LogP contribution in [-0.4, -0.2) is 47.6 Å². The fourth-order valence-electron chi connectivity index (χ4n) is 2.44. The molecule has 7 nitrogen and oxygen atoms in total. The number of aromatic nitrogens is 1. The van der Waals surface area contributed by atoms with E-state index in [1.807, 2.05) is 13.8 Å². The SMILES string of the molecule is CC(C)CC(=O)Nc1cc(C(=O)N2CCOCC2)cn(C)c1=O. The van der Waals surface area contributed by atoms with E-state index in [9.17, 15) is 14.4 Å². The van der Waals surface area contributed by atoms with Crippen LogP contribution in [0.15, 0.2) is 17.1 Å². The van der Waals surface area contributed by atoms with Gasteiger partial charge in [0.2, 0.25) is 5.91 Å². The van der Waals surface area contributed by atoms with Gasteiger partial charge in [-0.2, -0.15) is 0 Å². The normalized spacial score (nSPS) is 14.9. The zero-order valence-corrected chi connectivity index (χ0v) is 13.8. The molecule has 1 N–H and O–H groups in total. The maximum atomic E-state index is 12.5. The molecule has 0 radical (unpaired) electrons. The van der Waals surface area contributed by atoms with Gasteiger partial charge < -0.3 is 19.5 Å². The molecule has 1 aliphatic rings. The Hall–Kier alpha value is -2.15. The van der Waals surface area contributed by atoms with Crippen molar-refractivity contribution in [2.45, 2.75) is 20.3 Å². The minimum Gasteiger partial charge on any atom is -0.378 e. The molecule has 1 aliphatic heterocycles. The third-order valence-corrected chi connectivity index (χ3v) is 3.60. The molecule has 1 aromatic rings. The maximum absolute atomic E-state index is 12.5. The van der Waals surface area contributed by atoms with E-state index in [2.05, 4.69) is 5.32 Å². The summed E-state index contributed by atoms with van der Waals surface area (Å²) in [6, 6.07) is 1.46. The van der Waals surface area contributed by atoms with Gasteiger partial charge in [-0.3, -0.25) is 14.4 Å². The van der Waals surface area contributed by atoms with Crippen LogP contribution < -0.4 is 10.9 Å². The molecule has 1 fully saturated rings. The number of ether oxygens (including phenoxy) is 1. The molecule has 0 atom stereocenters. The summed E-state index contributed by atoms with van der Waals surface area (Å²) >= 11 is 0. The predicted octanol–water partition coefficient (Wildman–Crippen LogP) is 0.842. The molecule has 1 aromatic heterocycles. The molecular weight excluding hydrogens is 298 g/mol. The first-order valence-electron chi connectivity index (χ1n) is 7.76. The van der Waals surface area contributed by atoms with Crippen molar-refractivity contribution in [3.05, 3.63) is 28.2 Å². The van der Waals surface area contributed by atoms with Gasteiger partial charge in [0, 0.05) is 32.8 Å². The fourth-order valence-corrected chi connectivity index (χ4v) is 2.44. The van der Waals surface area contributed by atoms with Crippen molar-refractivity contribution in [2.75, 3.05) is 31.6 Å². The summed E-state index contributed by atoms with van der Waals surface area (Å²) in [5.74, 6) is -0.201. The van der Waals surface area contributed by atoms with E-state index >= 15 is 0 Å². The van der Waals surface area contributed by atoms with E-state index in [1.165, 1.54) is 16.8 Å². The Bertz CT molecular complexity index is 645. The van der Waals surface area contributed by atoms with Crippen LogP contribution in [0.2, 0.25) is 0 Å². The van der Waals surface area contributed by atoms with Gasteiger partial charge in [-0.15, -0.1) is 0 Å². The lowest BCUT2D eigenvalue weighted by Crippen LogP contribution is -2.41. The van der Waals surface area contributed by atoms with Crippen molar-refractivity contribution in [2.24, 2.45) is 13.0 Å². The molecule has 2 heterocycles. The van der Waals surface area contributed by atoms with E-state index in [4.69, 9.17) is 4.74 Å². The number of nitrogens with zero attached hydrogens (tertiary/aromatic N) is 2. The standard InChI is InChI=1S/C16H23N3O4/c1-11(2)8-14(20)17-13-9-12(10-18(3)16(13)22)15(21)19-4-6-23-7-5-19/h9-11H,4-8H2,1-3H3,(H,17,20). The summed E-state index contributed by atoms with van der Waals surface area (Å²) in [6.45, 7) is 5.92. The second-order valence-electron chi connectivity index (χ2n) is 6.11. The molecule has 2 amide bonds. The average Bonchev–Trinajstić information content (AvgIpc) is 2.51. The smallest absolute Gasteiger partial charge is 0.274 e. The van der Waals surface area contributed by atoms with Crippen molar-refractivity contribution in [3.8, 4) is 0 Å². The number of aryl methyl sites for hydroxylation is 1. The second kappa shape index (κ2) is 7.41. The number of morpholine rings is 1. The van der Waals surface area contributed by atoms with Crippen LogP contribution in [0.3, 0.4) is 0 Å². The zero-order valence-electron chi connectivity index (χ0n) is 13.8. The summed E-state index contributed by atoms with van der Waals surface area (Å²) < 4.78 is 6.55. The Morgan fingerprint density at radius 1 is 1.30 bits per heavy atom. The summed E-state index contributed by atoms with van der Waals surface area (Å²) in [6.07, 6.45) is 1.82. The summed E-state index contributed by atoms with van der Waals surface area (Å²) in [5, 5.41) is 2.61. The Morgan fingerprint density at radius 3 is 2.57 bits per heavy atom. The van der Waals surface area contributed by atoms with E-state index in [1.54, 1.807) is 11.9 Å². The number of nitrogens with one attached hydrogen (secondary N) is 1. The number of anilines is 1. The van der Waals surface area contributed by atoms with Crippen LogP contribution in [0, 0.1) is 5.92 Å². The van der Waals surface area contributed by atoms with Crippen LogP contribution in [0.1, 0.15) is 30.6 Å². The van der Waals surface area contributed by atoms with Crippen molar-refractivity contribution in [3.63, 3.8) is 0 Å². The monoisotopic (exact) mass is 321 g/mol. The molecule has 0 aliphatic carbocycles. The third-order valence-electron chi connectivity index (χ3n) is 3.60. The minimum atomic E-state index is -0.333. The van der Waals surface area contributed by atoms with Gasteiger partial charge in [0.1, 0.15) is 5.69 Å². The molecular formula is C16H23N3O4. The predicted molar refractivity (Wildman–Crippen MR) is 86.5 cm³/mol. The minimum absolute atomic E-state index is 0.136. The van der Waals surface area contributed by atoms with Crippen LogP contribution in [0.4, 0.5) is 5.69 Å². The number of carbonyl (C=O) groups excluding carboxylic acids is 2. The number of pyridine rings is 1. The van der Waals surface area contributed by atoms with E-state index in [0.29, 0.717) is 38.3 Å². The summed E-state index contributed by atoms with van der Waals surface area (Å²) in [5.41, 5.74) is 0.187. The highest BCUT2D eigenvalue weighted by Crippen LogP contribution is 2.11. The summed E-state index contributed by atoms with van der Waals surface area (Å²) in [4.78, 5) is 38.2. The highest BCUT2D eigenvalue weighted by molar-refractivity contribution is 5.96. The van der Waals surface area contributed by atoms with Gasteiger partial charge in [0.25, 0.3) is 11.5 Å². The van der Waals surface area contributed by atoms with Gasteiger partial charge in [-0.05, 0) is 12.0 Å². The Kier molecular flexibility index (Phi) is 5.54. The van der Waals surface area contributed by atoms with Crippen LogP contribution in [-0.2, 0) is 16.6 Å². The lowest BCUT2D eigenvalue weighted by molar-refractivity contribution is -0.116. The lowest BCUT2D eigenvalue weighted by Gasteiger charge is -2.27. The van der Waals surface area contributed by atoms with Crippen LogP contribution >= 0.6 is 0 Å². The van der Waals surface area contributed by atoms with Crippen LogP contribution in [0.25, 0.3) is 0 Å². The van der Waals surface area contributed by atoms with Gasteiger partial charge in [-0.25, -0.2) is 0 Å². The molecule has 0 aromatic carbocycles. The Balaban J connectivity index is 2.23. The first-order valence-corrected chi connectivity index (χ1v) is 7.76. The molecule has 0 unspecified atom stereocenters. The molecule has 126 valence electrons. The molecule has 0 bridgehead atoms. The largest absolute Gasteiger partial charge is 0.378 e. The number of hydrogen-bond acceptors (Lipinski definition) is 4. The first-order chi connectivity index (χ1) is 10.9. The lowest BCUT2D eigenvalue weighted by atomic mass is 10.1. The number of rotatable bonds is 4. The molecule has 0 spiro atoms. The topological polar surface area (TPSA) is 80.6 Å². The quantitative estimate of drug-likeness (QED) is 0.891. The molecule has 23 heavy (non-hydrogen) atoms. The van der Waals surface area contributed by atoms with Crippen molar-refractivity contribution >= 4 is 17.5 Å². The summed E-state index contributed by atoms with van der Waals surface area (Å²) in [7, 11) is 1.57. The van der Waals surface area contributed by atoms with E-state index < -0.39 is 0 Å². The third kappa shape index (κ3) is 4.41. The van der Waals surface area contributed by atoms with Crippen molar-refractivity contribution in [1.82, 2.24) is 9.47 Å². The van der Waals surface area contributed by atoms with Gasteiger partial charge >= 0.3 is 0 Å². The Morgan fingerprint density at radius 2 is 1.96 bits per heavy atom. The number of carbonyl (C=O) groups is 2. The fraction of sp³-hybridized carbons (Fsp3) is 0.562. The van der Waals surface area contributed by atoms with Gasteiger partial charge in [0.05, 0.1) is 18.8 Å². The van der Waals surface area contributed by atoms with Gasteiger partial charge in [-0.1, -0.05) is 13.8 Å². The van der Waals surface area contributed by atoms with Gasteiger partial charge in [0.15, 0.2) is 0 Å². The Labute approximate surface area is 135 Å². The molecule has 0 saturated carbocycles. The van der Waals surface area contributed by atoms with Crippen molar-refractivity contribution in [1.29, 1.82) is 0 Å². The highest BCUT2D eigenvalue weighted by Gasteiger charge is 2.20.